The minimum atomic E-state index is -4.49. The van der Waals surface area contributed by atoms with Crippen molar-refractivity contribution < 1.29 is 36.0 Å². The molecule has 0 fully saturated rings. The number of fused-ring (bicyclic) bond motifs is 1. The Hall–Kier alpha value is -2.60. The molecule has 0 bridgehead atoms. The number of alkyl halides is 5. The lowest BCUT2D eigenvalue weighted by molar-refractivity contribution is -0.153. The number of rotatable bonds is 7. The van der Waals surface area contributed by atoms with Crippen LogP contribution in [0.25, 0.3) is 11.0 Å². The second kappa shape index (κ2) is 8.64. The lowest BCUT2D eigenvalue weighted by Gasteiger charge is -2.16. The third kappa shape index (κ3) is 5.30. The molecule has 0 radical (unpaired) electrons. The molecule has 1 aromatic carbocycles. The maximum atomic E-state index is 12.7. The first-order valence-corrected chi connectivity index (χ1v) is 9.83. The predicted octanol–water partition coefficient (Wildman–Crippen LogP) is 4.43. The molecule has 2 aromatic heterocycles. The van der Waals surface area contributed by atoms with Crippen LogP contribution in [0.4, 0.5) is 22.0 Å². The average Bonchev–Trinajstić information content (AvgIpc) is 3.06. The van der Waals surface area contributed by atoms with Crippen LogP contribution in [0.2, 0.25) is 0 Å². The van der Waals surface area contributed by atoms with Crippen LogP contribution < -0.4 is 9.47 Å². The standard InChI is InChI=1S/C18H16F5N3O3S/c1-9-6-24-14(10(2)15(9)28-8-18(21,22)23)7-30(27)17-25-12-4-3-11(29-16(19)20)5-13(12)26-17/h3-6,16H,7-8H2,1-2H3,(H,25,26). The molecular weight excluding hydrogens is 433 g/mol. The van der Waals surface area contributed by atoms with Crippen LogP contribution in [0.15, 0.2) is 29.6 Å². The third-order valence-electron chi connectivity index (χ3n) is 4.07. The van der Waals surface area contributed by atoms with E-state index in [0.29, 0.717) is 22.3 Å². The zero-order valence-electron chi connectivity index (χ0n) is 15.7. The zero-order valence-corrected chi connectivity index (χ0v) is 16.5. The van der Waals surface area contributed by atoms with Gasteiger partial charge in [0.15, 0.2) is 12.4 Å². The van der Waals surface area contributed by atoms with Crippen molar-refractivity contribution in [2.75, 3.05) is 6.61 Å². The van der Waals surface area contributed by atoms with Crippen LogP contribution in [-0.4, -0.2) is 38.9 Å². The number of aromatic nitrogens is 3. The van der Waals surface area contributed by atoms with Gasteiger partial charge in [0.2, 0.25) is 0 Å². The topological polar surface area (TPSA) is 83.1 Å². The van der Waals surface area contributed by atoms with Crippen molar-refractivity contribution in [3.05, 3.63) is 41.2 Å². The summed E-state index contributed by atoms with van der Waals surface area (Å²) in [5.41, 5.74) is 1.79. The van der Waals surface area contributed by atoms with E-state index in [-0.39, 0.29) is 27.9 Å². The van der Waals surface area contributed by atoms with Gasteiger partial charge in [0.25, 0.3) is 0 Å². The summed E-state index contributed by atoms with van der Waals surface area (Å²) < 4.78 is 84.0. The summed E-state index contributed by atoms with van der Waals surface area (Å²) in [5.74, 6) is -0.189. The molecule has 6 nitrogen and oxygen atoms in total. The second-order valence-corrected chi connectivity index (χ2v) is 7.70. The predicted molar refractivity (Wildman–Crippen MR) is 98.1 cm³/mol. The highest BCUT2D eigenvalue weighted by atomic mass is 32.2. The Kier molecular flexibility index (Phi) is 6.36. The van der Waals surface area contributed by atoms with Gasteiger partial charge >= 0.3 is 17.9 Å². The quantitative estimate of drug-likeness (QED) is 0.426. The molecule has 0 amide bonds. The smallest absolute Gasteiger partial charge is 0.422 e. The summed E-state index contributed by atoms with van der Waals surface area (Å²) in [6, 6.07) is 4.05. The van der Waals surface area contributed by atoms with Gasteiger partial charge in [0.1, 0.15) is 11.5 Å². The van der Waals surface area contributed by atoms with E-state index in [1.165, 1.54) is 31.3 Å². The molecule has 0 spiro atoms. The summed E-state index contributed by atoms with van der Waals surface area (Å²) in [4.78, 5) is 11.1. The van der Waals surface area contributed by atoms with Gasteiger partial charge in [0, 0.05) is 34.6 Å². The number of pyridine rings is 1. The van der Waals surface area contributed by atoms with Crippen molar-refractivity contribution in [1.82, 2.24) is 15.0 Å². The fourth-order valence-corrected chi connectivity index (χ4v) is 3.82. The van der Waals surface area contributed by atoms with E-state index in [0.717, 1.165) is 0 Å². The van der Waals surface area contributed by atoms with Crippen LogP contribution in [0.5, 0.6) is 11.5 Å². The van der Waals surface area contributed by atoms with Gasteiger partial charge in [-0.15, -0.1) is 0 Å². The van der Waals surface area contributed by atoms with Crippen molar-refractivity contribution in [3.63, 3.8) is 0 Å². The molecule has 0 aliphatic rings. The van der Waals surface area contributed by atoms with E-state index in [9.17, 15) is 26.5 Å². The Labute approximate surface area is 170 Å². The lowest BCUT2D eigenvalue weighted by Crippen LogP contribution is -2.20. The molecular formula is C18H16F5N3O3S. The number of halogens is 5. The summed E-state index contributed by atoms with van der Waals surface area (Å²) in [6.45, 7) is -1.34. The van der Waals surface area contributed by atoms with Crippen LogP contribution in [0.3, 0.4) is 0 Å². The molecule has 162 valence electrons. The zero-order chi connectivity index (χ0) is 22.1. The number of nitrogens with zero attached hydrogens (tertiary/aromatic N) is 2. The van der Waals surface area contributed by atoms with Crippen molar-refractivity contribution in [2.24, 2.45) is 0 Å². The fourth-order valence-electron chi connectivity index (χ4n) is 2.72. The third-order valence-corrected chi connectivity index (χ3v) is 5.23. The maximum Gasteiger partial charge on any atom is 0.422 e. The number of ether oxygens (including phenoxy) is 2. The molecule has 1 N–H and O–H groups in total. The largest absolute Gasteiger partial charge is 0.609 e. The van der Waals surface area contributed by atoms with Gasteiger partial charge in [-0.2, -0.15) is 26.9 Å². The van der Waals surface area contributed by atoms with E-state index in [4.69, 9.17) is 4.74 Å². The molecule has 3 aromatic rings. The fraction of sp³-hybridized carbons (Fsp3) is 0.333. The Balaban J connectivity index is 1.80. The molecule has 30 heavy (non-hydrogen) atoms. The van der Waals surface area contributed by atoms with Crippen molar-refractivity contribution in [1.29, 1.82) is 0 Å². The molecule has 0 aliphatic carbocycles. The van der Waals surface area contributed by atoms with Gasteiger partial charge in [-0.3, -0.25) is 9.97 Å². The molecule has 2 heterocycles. The van der Waals surface area contributed by atoms with Gasteiger partial charge in [-0.25, -0.2) is 0 Å². The molecule has 0 aliphatic heterocycles. The average molecular weight is 449 g/mol. The highest BCUT2D eigenvalue weighted by Crippen LogP contribution is 2.29. The highest BCUT2D eigenvalue weighted by molar-refractivity contribution is 7.90. The van der Waals surface area contributed by atoms with Crippen LogP contribution in [0, 0.1) is 13.8 Å². The minimum absolute atomic E-state index is 0.0349. The molecule has 12 heteroatoms. The molecule has 3 rings (SSSR count). The normalized spacial score (nSPS) is 13.1. The van der Waals surface area contributed by atoms with Gasteiger partial charge in [0.05, 0.1) is 16.7 Å². The number of benzene rings is 1. The first kappa shape index (κ1) is 22.1. The van der Waals surface area contributed by atoms with Gasteiger partial charge in [-0.1, -0.05) is 0 Å². The monoisotopic (exact) mass is 449 g/mol. The molecule has 1 atom stereocenters. The van der Waals surface area contributed by atoms with E-state index in [1.807, 2.05) is 0 Å². The van der Waals surface area contributed by atoms with Gasteiger partial charge in [-0.05, 0) is 26.0 Å². The minimum Gasteiger partial charge on any atom is -0.609 e. The number of hydrogen-bond acceptors (Lipinski definition) is 5. The second-order valence-electron chi connectivity index (χ2n) is 6.34. The number of imidazole rings is 1. The number of nitrogens with one attached hydrogen (secondary N) is 1. The number of H-pyrrole nitrogens is 1. The summed E-state index contributed by atoms with van der Waals surface area (Å²) in [6.07, 6.45) is -3.15. The molecule has 1 unspecified atom stereocenters. The Morgan fingerprint density at radius 2 is 1.97 bits per heavy atom. The number of hydrogen-bond donors (Lipinski definition) is 1. The first-order valence-electron chi connectivity index (χ1n) is 8.51. The summed E-state index contributed by atoms with van der Waals surface area (Å²) in [7, 11) is 0. The van der Waals surface area contributed by atoms with E-state index < -0.39 is 30.6 Å². The maximum absolute atomic E-state index is 12.7. The Bertz CT molecular complexity index is 1040. The summed E-state index contributed by atoms with van der Waals surface area (Å²) in [5, 5.41) is 0.0683. The highest BCUT2D eigenvalue weighted by Gasteiger charge is 2.29. The Morgan fingerprint density at radius 3 is 2.63 bits per heavy atom. The van der Waals surface area contributed by atoms with E-state index >= 15 is 0 Å². The molecule has 0 saturated heterocycles. The molecule has 0 saturated carbocycles. The van der Waals surface area contributed by atoms with Crippen LogP contribution in [-0.2, 0) is 16.9 Å². The van der Waals surface area contributed by atoms with E-state index in [1.54, 1.807) is 6.92 Å². The first-order chi connectivity index (χ1) is 14.0. The van der Waals surface area contributed by atoms with Gasteiger partial charge < -0.3 is 14.0 Å². The van der Waals surface area contributed by atoms with E-state index in [2.05, 4.69) is 19.7 Å². The van der Waals surface area contributed by atoms with Crippen molar-refractivity contribution >= 4 is 22.2 Å². The van der Waals surface area contributed by atoms with Crippen LogP contribution in [0.1, 0.15) is 16.8 Å². The number of aryl methyl sites for hydroxylation is 1. The number of aromatic amines is 1. The van der Waals surface area contributed by atoms with Crippen molar-refractivity contribution in [2.45, 2.75) is 37.5 Å². The van der Waals surface area contributed by atoms with Crippen molar-refractivity contribution in [3.8, 4) is 11.5 Å². The van der Waals surface area contributed by atoms with Crippen LogP contribution >= 0.6 is 0 Å². The lowest BCUT2D eigenvalue weighted by atomic mass is 10.1. The Morgan fingerprint density at radius 1 is 1.23 bits per heavy atom. The SMILES string of the molecule is Cc1cnc(C[S+]([O-])c2nc3cc(OC(F)F)ccc3[nH]2)c(C)c1OCC(F)(F)F. The summed E-state index contributed by atoms with van der Waals surface area (Å²) >= 11 is -1.73.